The standard InChI is InChI=1S/C26H19Cl3N2O5/c1-2-35-19-9-7-18(8-10-19)31-25(33)20(24(32)30-26(31)34)11-16-12-21(28)23(22(29)13-16)36-14-15-3-5-17(27)6-4-15/h3-13H,2,14H2,1H3,(H,30,32,34)/b20-11+. The molecule has 1 heterocycles. The van der Waals surface area contributed by atoms with Gasteiger partial charge in [-0.2, -0.15) is 0 Å². The third kappa shape index (κ3) is 5.65. The first kappa shape index (κ1) is 25.6. The van der Waals surface area contributed by atoms with Gasteiger partial charge in [0.05, 0.1) is 22.3 Å². The molecule has 0 bridgehead atoms. The fourth-order valence-corrected chi connectivity index (χ4v) is 4.19. The number of nitrogens with one attached hydrogen (secondary N) is 1. The van der Waals surface area contributed by atoms with Gasteiger partial charge < -0.3 is 9.47 Å². The summed E-state index contributed by atoms with van der Waals surface area (Å²) >= 11 is 18.7. The van der Waals surface area contributed by atoms with E-state index >= 15 is 0 Å². The molecule has 7 nitrogen and oxygen atoms in total. The number of imide groups is 2. The van der Waals surface area contributed by atoms with E-state index in [2.05, 4.69) is 5.32 Å². The number of anilines is 1. The average Bonchev–Trinajstić information content (AvgIpc) is 2.83. The van der Waals surface area contributed by atoms with E-state index in [1.807, 2.05) is 19.1 Å². The minimum atomic E-state index is -0.853. The van der Waals surface area contributed by atoms with Crippen molar-refractivity contribution in [2.45, 2.75) is 13.5 Å². The number of nitrogens with zero attached hydrogens (tertiary/aromatic N) is 1. The van der Waals surface area contributed by atoms with Crippen LogP contribution in [0.4, 0.5) is 10.5 Å². The van der Waals surface area contributed by atoms with Crippen LogP contribution in [-0.2, 0) is 16.2 Å². The van der Waals surface area contributed by atoms with Crippen LogP contribution in [0, 0.1) is 0 Å². The van der Waals surface area contributed by atoms with E-state index in [1.54, 1.807) is 36.4 Å². The molecule has 1 saturated heterocycles. The summed E-state index contributed by atoms with van der Waals surface area (Å²) in [5.41, 5.74) is 1.26. The van der Waals surface area contributed by atoms with Gasteiger partial charge in [-0.1, -0.05) is 46.9 Å². The summed E-state index contributed by atoms with van der Waals surface area (Å²) in [6.07, 6.45) is 1.31. The molecule has 0 radical (unpaired) electrons. The molecule has 0 aliphatic carbocycles. The molecule has 36 heavy (non-hydrogen) atoms. The first-order valence-electron chi connectivity index (χ1n) is 10.8. The molecule has 0 unspecified atom stereocenters. The van der Waals surface area contributed by atoms with E-state index in [9.17, 15) is 14.4 Å². The van der Waals surface area contributed by atoms with Gasteiger partial charge in [-0.05, 0) is 72.7 Å². The Bertz CT molecular complexity index is 1330. The molecule has 3 aromatic carbocycles. The van der Waals surface area contributed by atoms with Gasteiger partial charge >= 0.3 is 6.03 Å². The Kier molecular flexibility index (Phi) is 7.84. The van der Waals surface area contributed by atoms with E-state index < -0.39 is 17.8 Å². The molecule has 1 N–H and O–H groups in total. The van der Waals surface area contributed by atoms with Crippen LogP contribution in [-0.4, -0.2) is 24.5 Å². The minimum Gasteiger partial charge on any atom is -0.494 e. The maximum Gasteiger partial charge on any atom is 0.335 e. The molecule has 0 atom stereocenters. The second-order valence-corrected chi connectivity index (χ2v) is 8.86. The molecule has 184 valence electrons. The van der Waals surface area contributed by atoms with Gasteiger partial charge in [-0.3, -0.25) is 14.9 Å². The van der Waals surface area contributed by atoms with Crippen molar-refractivity contribution in [2.24, 2.45) is 0 Å². The largest absolute Gasteiger partial charge is 0.494 e. The van der Waals surface area contributed by atoms with Gasteiger partial charge in [0.15, 0.2) is 5.75 Å². The van der Waals surface area contributed by atoms with Crippen LogP contribution >= 0.6 is 34.8 Å². The Morgan fingerprint density at radius 2 is 1.53 bits per heavy atom. The molecule has 4 rings (SSSR count). The number of ether oxygens (including phenoxy) is 2. The number of benzene rings is 3. The monoisotopic (exact) mass is 544 g/mol. The summed E-state index contributed by atoms with van der Waals surface area (Å²) in [6, 6.07) is 15.6. The number of hydrogen-bond donors (Lipinski definition) is 1. The summed E-state index contributed by atoms with van der Waals surface area (Å²) in [4.78, 5) is 38.9. The summed E-state index contributed by atoms with van der Waals surface area (Å²) < 4.78 is 11.1. The zero-order chi connectivity index (χ0) is 25.8. The Labute approximate surface area is 222 Å². The lowest BCUT2D eigenvalue weighted by molar-refractivity contribution is -0.122. The molecule has 0 spiro atoms. The van der Waals surface area contributed by atoms with E-state index in [1.165, 1.54) is 18.2 Å². The quantitative estimate of drug-likeness (QED) is 0.279. The van der Waals surface area contributed by atoms with Crippen molar-refractivity contribution >= 4 is 64.4 Å². The predicted octanol–water partition coefficient (Wildman–Crippen LogP) is 6.29. The minimum absolute atomic E-state index is 0.187. The fourth-order valence-electron chi connectivity index (χ4n) is 3.45. The topological polar surface area (TPSA) is 84.9 Å². The van der Waals surface area contributed by atoms with Gasteiger partial charge in [0.25, 0.3) is 11.8 Å². The number of hydrogen-bond acceptors (Lipinski definition) is 5. The van der Waals surface area contributed by atoms with Crippen LogP contribution in [0.25, 0.3) is 6.08 Å². The zero-order valence-electron chi connectivity index (χ0n) is 18.9. The van der Waals surface area contributed by atoms with Crippen molar-refractivity contribution in [3.63, 3.8) is 0 Å². The molecular weight excluding hydrogens is 527 g/mol. The van der Waals surface area contributed by atoms with E-state index in [4.69, 9.17) is 44.3 Å². The van der Waals surface area contributed by atoms with E-state index in [-0.39, 0.29) is 33.7 Å². The highest BCUT2D eigenvalue weighted by molar-refractivity contribution is 6.40. The van der Waals surface area contributed by atoms with Gasteiger partial charge in [0.1, 0.15) is 17.9 Å². The number of carbonyl (C=O) groups excluding carboxylic acids is 3. The average molecular weight is 546 g/mol. The van der Waals surface area contributed by atoms with Crippen molar-refractivity contribution in [1.29, 1.82) is 0 Å². The van der Waals surface area contributed by atoms with Crippen LogP contribution in [0.1, 0.15) is 18.1 Å². The van der Waals surface area contributed by atoms with E-state index in [0.29, 0.717) is 22.9 Å². The zero-order valence-corrected chi connectivity index (χ0v) is 21.2. The highest BCUT2D eigenvalue weighted by Gasteiger charge is 2.36. The van der Waals surface area contributed by atoms with Gasteiger partial charge in [0.2, 0.25) is 0 Å². The molecule has 0 saturated carbocycles. The fraction of sp³-hybridized carbons (Fsp3) is 0.115. The third-order valence-electron chi connectivity index (χ3n) is 5.14. The first-order valence-corrected chi connectivity index (χ1v) is 11.9. The number of urea groups is 1. The van der Waals surface area contributed by atoms with Crippen LogP contribution in [0.5, 0.6) is 11.5 Å². The van der Waals surface area contributed by atoms with Crippen LogP contribution in [0.2, 0.25) is 15.1 Å². The smallest absolute Gasteiger partial charge is 0.335 e. The first-order chi connectivity index (χ1) is 17.3. The SMILES string of the molecule is CCOc1ccc(N2C(=O)NC(=O)/C(=C\c3cc(Cl)c(OCc4ccc(Cl)cc4)c(Cl)c3)C2=O)cc1. The number of amides is 4. The van der Waals surface area contributed by atoms with E-state index in [0.717, 1.165) is 10.5 Å². The Balaban J connectivity index is 1.58. The Morgan fingerprint density at radius 3 is 2.14 bits per heavy atom. The molecule has 10 heteroatoms. The summed E-state index contributed by atoms with van der Waals surface area (Å²) in [5, 5.41) is 3.16. The maximum atomic E-state index is 13.1. The predicted molar refractivity (Wildman–Crippen MR) is 139 cm³/mol. The van der Waals surface area contributed by atoms with Crippen molar-refractivity contribution in [2.75, 3.05) is 11.5 Å². The lowest BCUT2D eigenvalue weighted by Gasteiger charge is -2.26. The molecular formula is C26H19Cl3N2O5. The summed E-state index contributed by atoms with van der Waals surface area (Å²) in [7, 11) is 0. The normalized spacial score (nSPS) is 14.7. The van der Waals surface area contributed by atoms with Crippen molar-refractivity contribution in [3.8, 4) is 11.5 Å². The van der Waals surface area contributed by atoms with Crippen LogP contribution in [0.15, 0.2) is 66.2 Å². The highest BCUT2D eigenvalue weighted by atomic mass is 35.5. The lowest BCUT2D eigenvalue weighted by atomic mass is 10.1. The second-order valence-electron chi connectivity index (χ2n) is 7.61. The summed E-state index contributed by atoms with van der Waals surface area (Å²) in [6.45, 7) is 2.52. The van der Waals surface area contributed by atoms with Gasteiger partial charge in [-0.15, -0.1) is 0 Å². The van der Waals surface area contributed by atoms with Gasteiger partial charge in [0, 0.05) is 5.02 Å². The maximum absolute atomic E-state index is 13.1. The Morgan fingerprint density at radius 1 is 0.889 bits per heavy atom. The Hall–Kier alpha value is -3.52. The molecule has 1 aliphatic rings. The molecule has 1 aliphatic heterocycles. The number of carbonyl (C=O) groups is 3. The number of barbiturate groups is 1. The molecule has 0 aromatic heterocycles. The molecule has 3 aromatic rings. The van der Waals surface area contributed by atoms with Crippen molar-refractivity contribution in [3.05, 3.63) is 92.4 Å². The number of halogens is 3. The van der Waals surface area contributed by atoms with Crippen molar-refractivity contribution < 1.29 is 23.9 Å². The lowest BCUT2D eigenvalue weighted by Crippen LogP contribution is -2.54. The van der Waals surface area contributed by atoms with Crippen LogP contribution in [0.3, 0.4) is 0 Å². The molecule has 1 fully saturated rings. The second kappa shape index (κ2) is 11.0. The highest BCUT2D eigenvalue weighted by Crippen LogP contribution is 2.36. The van der Waals surface area contributed by atoms with Crippen LogP contribution < -0.4 is 19.7 Å². The van der Waals surface area contributed by atoms with Gasteiger partial charge in [-0.25, -0.2) is 9.69 Å². The summed E-state index contributed by atoms with van der Waals surface area (Å²) in [5.74, 6) is -0.785. The third-order valence-corrected chi connectivity index (χ3v) is 5.95. The van der Waals surface area contributed by atoms with Crippen molar-refractivity contribution in [1.82, 2.24) is 5.32 Å². The molecule has 4 amide bonds. The number of rotatable bonds is 7.